The van der Waals surface area contributed by atoms with Crippen molar-refractivity contribution >= 4 is 23.1 Å². The van der Waals surface area contributed by atoms with Crippen molar-refractivity contribution in [2.75, 3.05) is 14.2 Å². The number of imidazole rings is 1. The molecule has 0 spiro atoms. The summed E-state index contributed by atoms with van der Waals surface area (Å²) in [6, 6.07) is 17.2. The minimum Gasteiger partial charge on any atom is -0.465 e. The van der Waals surface area contributed by atoms with Crippen LogP contribution in [-0.4, -0.2) is 40.7 Å². The van der Waals surface area contributed by atoms with Gasteiger partial charge in [0.15, 0.2) is 0 Å². The molecule has 4 rings (SSSR count). The molecule has 170 valence electrons. The van der Waals surface area contributed by atoms with E-state index in [-0.39, 0.29) is 5.97 Å². The number of esters is 2. The van der Waals surface area contributed by atoms with Crippen molar-refractivity contribution in [2.45, 2.75) is 32.7 Å². The van der Waals surface area contributed by atoms with Crippen LogP contribution in [0.2, 0.25) is 0 Å². The number of carbonyl (C=O) groups is 2. The number of hydrogen-bond donors (Lipinski definition) is 1. The van der Waals surface area contributed by atoms with E-state index in [1.165, 1.54) is 14.2 Å². The second-order valence-corrected chi connectivity index (χ2v) is 7.86. The number of aromatic amines is 1. The highest BCUT2D eigenvalue weighted by molar-refractivity contribution is 5.97. The number of H-pyrrole nitrogens is 1. The molecule has 7 heteroatoms. The maximum absolute atomic E-state index is 12.1. The minimum atomic E-state index is -0.414. The smallest absolute Gasteiger partial charge is 0.354 e. The molecule has 0 unspecified atom stereocenters. The quantitative estimate of drug-likeness (QED) is 0.386. The predicted octanol–water partition coefficient (Wildman–Crippen LogP) is 5.00. The summed E-state index contributed by atoms with van der Waals surface area (Å²) in [6.45, 7) is 2.76. The Bertz CT molecular complexity index is 1280. The molecule has 0 bridgehead atoms. The fourth-order valence-corrected chi connectivity index (χ4v) is 3.96. The fraction of sp³-hybridized carbons (Fsp3) is 0.269. The van der Waals surface area contributed by atoms with Crippen LogP contribution in [0.1, 0.15) is 52.0 Å². The van der Waals surface area contributed by atoms with Crippen LogP contribution in [0.5, 0.6) is 0 Å². The molecule has 2 heterocycles. The van der Waals surface area contributed by atoms with Crippen molar-refractivity contribution < 1.29 is 19.1 Å². The van der Waals surface area contributed by atoms with Gasteiger partial charge in [0.2, 0.25) is 0 Å². The monoisotopic (exact) mass is 445 g/mol. The Balaban J connectivity index is 1.66. The number of rotatable bonds is 8. The van der Waals surface area contributed by atoms with Crippen LogP contribution in [0.25, 0.3) is 22.3 Å². The second-order valence-electron chi connectivity index (χ2n) is 7.86. The van der Waals surface area contributed by atoms with Crippen LogP contribution in [0.4, 0.5) is 0 Å². The summed E-state index contributed by atoms with van der Waals surface area (Å²) in [4.78, 5) is 32.0. The average molecular weight is 446 g/mol. The number of ether oxygens (including phenoxy) is 2. The highest BCUT2D eigenvalue weighted by Gasteiger charge is 2.18. The SMILES string of the molecule is CCCCc1nc2cc(C(=O)OC)[nH]c2n1Cc1ccc(-c2ccccc2C(=O)OC)cc1. The standard InChI is InChI=1S/C26H27N3O4/c1-4-5-10-23-27-21-15-22(26(31)33-3)28-24(21)29(23)16-17-11-13-18(14-12-17)19-8-6-7-9-20(19)25(30)32-2/h6-9,11-15,28H,4-5,10,16H2,1-3H3. The van der Waals surface area contributed by atoms with E-state index in [1.807, 2.05) is 42.5 Å². The van der Waals surface area contributed by atoms with E-state index in [2.05, 4.69) is 16.5 Å². The Morgan fingerprint density at radius 3 is 2.42 bits per heavy atom. The molecule has 2 aromatic carbocycles. The van der Waals surface area contributed by atoms with E-state index in [9.17, 15) is 9.59 Å². The van der Waals surface area contributed by atoms with Gasteiger partial charge in [-0.15, -0.1) is 0 Å². The van der Waals surface area contributed by atoms with E-state index in [0.717, 1.165) is 52.9 Å². The molecule has 33 heavy (non-hydrogen) atoms. The van der Waals surface area contributed by atoms with E-state index >= 15 is 0 Å². The third-order valence-electron chi connectivity index (χ3n) is 5.70. The zero-order valence-electron chi connectivity index (χ0n) is 19.1. The number of benzene rings is 2. The van der Waals surface area contributed by atoms with Gasteiger partial charge in [-0.2, -0.15) is 0 Å². The molecule has 0 saturated heterocycles. The lowest BCUT2D eigenvalue weighted by Crippen LogP contribution is -2.07. The number of aromatic nitrogens is 3. The van der Waals surface area contributed by atoms with Gasteiger partial charge >= 0.3 is 11.9 Å². The Labute approximate surface area is 192 Å². The van der Waals surface area contributed by atoms with Gasteiger partial charge in [0.25, 0.3) is 0 Å². The number of hydrogen-bond acceptors (Lipinski definition) is 5. The molecule has 1 N–H and O–H groups in total. The summed E-state index contributed by atoms with van der Waals surface area (Å²) in [5.74, 6) is 0.210. The Hall–Kier alpha value is -3.87. The van der Waals surface area contributed by atoms with Crippen molar-refractivity contribution in [3.63, 3.8) is 0 Å². The molecule has 0 fully saturated rings. The minimum absolute atomic E-state index is 0.357. The number of aryl methyl sites for hydroxylation is 1. The number of carbonyl (C=O) groups excluding carboxylic acids is 2. The number of methoxy groups -OCH3 is 2. The van der Waals surface area contributed by atoms with Crippen molar-refractivity contribution in [3.05, 3.63) is 77.2 Å². The first-order valence-electron chi connectivity index (χ1n) is 11.0. The molecule has 0 aliphatic heterocycles. The van der Waals surface area contributed by atoms with Gasteiger partial charge < -0.3 is 19.0 Å². The van der Waals surface area contributed by atoms with Crippen LogP contribution < -0.4 is 0 Å². The van der Waals surface area contributed by atoms with Gasteiger partial charge in [-0.3, -0.25) is 0 Å². The van der Waals surface area contributed by atoms with Gasteiger partial charge in [0, 0.05) is 6.42 Å². The lowest BCUT2D eigenvalue weighted by atomic mass is 9.98. The van der Waals surface area contributed by atoms with Gasteiger partial charge in [-0.25, -0.2) is 14.6 Å². The van der Waals surface area contributed by atoms with Crippen LogP contribution in [0.15, 0.2) is 54.6 Å². The molecule has 7 nitrogen and oxygen atoms in total. The van der Waals surface area contributed by atoms with Crippen molar-refractivity contribution in [1.29, 1.82) is 0 Å². The van der Waals surface area contributed by atoms with E-state index < -0.39 is 5.97 Å². The zero-order valence-corrected chi connectivity index (χ0v) is 19.1. The molecule has 0 radical (unpaired) electrons. The number of nitrogens with zero attached hydrogens (tertiary/aromatic N) is 2. The third kappa shape index (κ3) is 4.53. The Morgan fingerprint density at radius 1 is 1.00 bits per heavy atom. The van der Waals surface area contributed by atoms with Gasteiger partial charge in [-0.1, -0.05) is 55.8 Å². The lowest BCUT2D eigenvalue weighted by molar-refractivity contribution is 0.0589. The molecule has 0 saturated carbocycles. The first kappa shape index (κ1) is 22.3. The molecule has 2 aromatic heterocycles. The number of nitrogens with one attached hydrogen (secondary N) is 1. The van der Waals surface area contributed by atoms with Crippen LogP contribution in [0, 0.1) is 0 Å². The van der Waals surface area contributed by atoms with Crippen molar-refractivity contribution in [3.8, 4) is 11.1 Å². The third-order valence-corrected chi connectivity index (χ3v) is 5.70. The maximum atomic E-state index is 12.1. The lowest BCUT2D eigenvalue weighted by Gasteiger charge is -2.11. The molecule has 4 aromatic rings. The summed E-state index contributed by atoms with van der Waals surface area (Å²) in [7, 11) is 2.75. The molecule has 0 atom stereocenters. The number of fused-ring (bicyclic) bond motifs is 1. The first-order chi connectivity index (χ1) is 16.0. The largest absolute Gasteiger partial charge is 0.465 e. The fourth-order valence-electron chi connectivity index (χ4n) is 3.96. The molecule has 0 aliphatic rings. The van der Waals surface area contributed by atoms with Crippen LogP contribution in [0.3, 0.4) is 0 Å². The zero-order chi connectivity index (χ0) is 23.4. The topological polar surface area (TPSA) is 86.2 Å². The highest BCUT2D eigenvalue weighted by Crippen LogP contribution is 2.26. The van der Waals surface area contributed by atoms with Crippen molar-refractivity contribution in [1.82, 2.24) is 14.5 Å². The van der Waals surface area contributed by atoms with E-state index in [1.54, 1.807) is 12.1 Å². The Kier molecular flexibility index (Phi) is 6.58. The van der Waals surface area contributed by atoms with E-state index in [0.29, 0.717) is 17.8 Å². The number of unbranched alkanes of at least 4 members (excludes halogenated alkanes) is 1. The summed E-state index contributed by atoms with van der Waals surface area (Å²) in [5, 5.41) is 0. The van der Waals surface area contributed by atoms with E-state index in [4.69, 9.17) is 14.5 Å². The summed E-state index contributed by atoms with van der Waals surface area (Å²) in [5.41, 5.74) is 5.34. The summed E-state index contributed by atoms with van der Waals surface area (Å²) < 4.78 is 11.9. The summed E-state index contributed by atoms with van der Waals surface area (Å²) in [6.07, 6.45) is 2.96. The predicted molar refractivity (Wildman–Crippen MR) is 126 cm³/mol. The molecular formula is C26H27N3O4. The molecular weight excluding hydrogens is 418 g/mol. The second kappa shape index (κ2) is 9.73. The molecule has 0 amide bonds. The van der Waals surface area contributed by atoms with Gasteiger partial charge in [0.05, 0.1) is 26.3 Å². The normalized spacial score (nSPS) is 11.0. The van der Waals surface area contributed by atoms with Crippen LogP contribution >= 0.6 is 0 Å². The summed E-state index contributed by atoms with van der Waals surface area (Å²) >= 11 is 0. The van der Waals surface area contributed by atoms with Gasteiger partial charge in [-0.05, 0) is 35.2 Å². The highest BCUT2D eigenvalue weighted by atomic mass is 16.5. The van der Waals surface area contributed by atoms with Crippen molar-refractivity contribution in [2.24, 2.45) is 0 Å². The maximum Gasteiger partial charge on any atom is 0.354 e. The van der Waals surface area contributed by atoms with Crippen LogP contribution in [-0.2, 0) is 22.4 Å². The molecule has 0 aliphatic carbocycles. The average Bonchev–Trinajstić information content (AvgIpc) is 3.41. The Morgan fingerprint density at radius 2 is 1.73 bits per heavy atom. The van der Waals surface area contributed by atoms with Gasteiger partial charge in [0.1, 0.15) is 22.7 Å². The first-order valence-corrected chi connectivity index (χ1v) is 11.0.